The molecule has 11 N–H and O–H groups in total. The number of nitrogens with one attached hydrogen (secondary N) is 5. The van der Waals surface area contributed by atoms with Gasteiger partial charge in [-0.05, 0) is 29.3 Å². The minimum absolute atomic E-state index is 0.0100. The molecule has 0 spiro atoms. The summed E-state index contributed by atoms with van der Waals surface area (Å²) in [7, 11) is 0. The molecule has 2 heterocycles. The van der Waals surface area contributed by atoms with Gasteiger partial charge in [-0.1, -0.05) is 30.3 Å². The summed E-state index contributed by atoms with van der Waals surface area (Å²) in [4.78, 5) is 73.3. The maximum atomic E-state index is 13.6. The summed E-state index contributed by atoms with van der Waals surface area (Å²) < 4.78 is 0. The summed E-state index contributed by atoms with van der Waals surface area (Å²) in [5.41, 5.74) is 13.5. The Labute approximate surface area is 256 Å². The van der Waals surface area contributed by atoms with E-state index in [1.54, 1.807) is 18.3 Å². The van der Waals surface area contributed by atoms with Crippen LogP contribution in [-0.2, 0) is 43.2 Å². The lowest BCUT2D eigenvalue weighted by Gasteiger charge is -2.25. The lowest BCUT2D eigenvalue weighted by molar-refractivity contribution is -0.142. The number of carboxylic acid groups (broad SMARTS) is 1. The summed E-state index contributed by atoms with van der Waals surface area (Å²) in [5.74, 6) is -4.50. The number of aliphatic carboxylic acids is 1. The predicted molar refractivity (Wildman–Crippen MR) is 161 cm³/mol. The van der Waals surface area contributed by atoms with Gasteiger partial charge in [-0.25, -0.2) is 9.78 Å². The molecule has 0 saturated carbocycles. The zero-order valence-corrected chi connectivity index (χ0v) is 24.0. The molecule has 4 unspecified atom stereocenters. The molecule has 45 heavy (non-hydrogen) atoms. The lowest BCUT2D eigenvalue weighted by atomic mass is 10.0. The minimum Gasteiger partial charge on any atom is -0.508 e. The van der Waals surface area contributed by atoms with E-state index in [9.17, 15) is 34.2 Å². The average molecular weight is 619 g/mol. The normalized spacial score (nSPS) is 13.7. The number of H-pyrrole nitrogens is 2. The summed E-state index contributed by atoms with van der Waals surface area (Å²) >= 11 is 0. The fourth-order valence-electron chi connectivity index (χ4n) is 4.76. The molecular formula is C30H34N8O7. The van der Waals surface area contributed by atoms with Crippen LogP contribution in [0.1, 0.15) is 23.2 Å². The van der Waals surface area contributed by atoms with Crippen LogP contribution in [0.25, 0.3) is 10.9 Å². The van der Waals surface area contributed by atoms with Gasteiger partial charge in [0.25, 0.3) is 0 Å². The number of carbonyl (C=O) groups is 5. The highest BCUT2D eigenvalue weighted by atomic mass is 16.4. The number of carbonyl (C=O) groups excluding carboxylic acids is 4. The third-order valence-corrected chi connectivity index (χ3v) is 7.09. The molecular weight excluding hydrogens is 584 g/mol. The first-order valence-corrected chi connectivity index (χ1v) is 14.0. The second-order valence-corrected chi connectivity index (χ2v) is 10.5. The largest absolute Gasteiger partial charge is 0.508 e. The van der Waals surface area contributed by atoms with Crippen LogP contribution in [0.2, 0.25) is 0 Å². The molecule has 0 saturated heterocycles. The topological polar surface area (TPSA) is 258 Å². The van der Waals surface area contributed by atoms with Gasteiger partial charge < -0.3 is 47.6 Å². The van der Waals surface area contributed by atoms with Crippen molar-refractivity contribution in [2.75, 3.05) is 0 Å². The Bertz CT molecular complexity index is 1650. The van der Waals surface area contributed by atoms with Crippen molar-refractivity contribution in [3.05, 3.63) is 84.1 Å². The summed E-state index contributed by atoms with van der Waals surface area (Å²) in [6.45, 7) is 0. The highest BCUT2D eigenvalue weighted by Crippen LogP contribution is 2.19. The van der Waals surface area contributed by atoms with E-state index in [0.717, 1.165) is 10.9 Å². The van der Waals surface area contributed by atoms with Crippen molar-refractivity contribution in [2.45, 2.75) is 49.9 Å². The van der Waals surface area contributed by atoms with Crippen molar-refractivity contribution in [1.82, 2.24) is 30.9 Å². The van der Waals surface area contributed by atoms with Crippen LogP contribution in [0, 0.1) is 0 Å². The van der Waals surface area contributed by atoms with Gasteiger partial charge in [-0.3, -0.25) is 19.2 Å². The molecule has 0 aliphatic carbocycles. The van der Waals surface area contributed by atoms with E-state index in [0.29, 0.717) is 16.8 Å². The number of nitrogens with two attached hydrogens (primary N) is 2. The van der Waals surface area contributed by atoms with Crippen molar-refractivity contribution >= 4 is 40.5 Å². The highest BCUT2D eigenvalue weighted by Gasteiger charge is 2.31. The van der Waals surface area contributed by atoms with Gasteiger partial charge in [0, 0.05) is 48.3 Å². The number of hydrogen-bond acceptors (Lipinski definition) is 8. The monoisotopic (exact) mass is 618 g/mol. The number of amides is 4. The fraction of sp³-hybridized carbons (Fsp3) is 0.267. The standard InChI is InChI=1S/C30H34N8O7/c31-21(12-26(32)40)27(41)36-23(9-16-5-7-19(39)8-6-16)28(42)37-24(11-18-14-33-15-35-18)29(43)38-25(30(44)45)10-17-13-34-22-4-2-1-3-20(17)22/h1-8,13-15,21,23-25,34,39H,9-12,31H2,(H2,32,40)(H,33,35)(H,36,41)(H,37,42)(H,38,43)(H,44,45). The smallest absolute Gasteiger partial charge is 0.326 e. The number of fused-ring (bicyclic) bond motifs is 1. The minimum atomic E-state index is -1.34. The number of para-hydroxylation sites is 1. The quantitative estimate of drug-likeness (QED) is 0.0820. The van der Waals surface area contributed by atoms with Gasteiger partial charge in [0.2, 0.25) is 23.6 Å². The van der Waals surface area contributed by atoms with E-state index >= 15 is 0 Å². The molecule has 0 fully saturated rings. The number of benzene rings is 2. The molecule has 0 bridgehead atoms. The Morgan fingerprint density at radius 3 is 2.11 bits per heavy atom. The van der Waals surface area contributed by atoms with Crippen LogP contribution in [-0.4, -0.2) is 78.9 Å². The molecule has 15 nitrogen and oxygen atoms in total. The average Bonchev–Trinajstić information content (AvgIpc) is 3.66. The zero-order chi connectivity index (χ0) is 32.5. The number of aromatic amines is 2. The van der Waals surface area contributed by atoms with Crippen molar-refractivity contribution in [3.63, 3.8) is 0 Å². The molecule has 0 aliphatic heterocycles. The second kappa shape index (κ2) is 14.7. The number of aromatic hydroxyl groups is 1. The lowest BCUT2D eigenvalue weighted by Crippen LogP contribution is -2.58. The van der Waals surface area contributed by atoms with Gasteiger partial charge in [-0.2, -0.15) is 0 Å². The zero-order valence-electron chi connectivity index (χ0n) is 24.0. The van der Waals surface area contributed by atoms with E-state index in [2.05, 4.69) is 30.9 Å². The number of rotatable bonds is 15. The Kier molecular flexibility index (Phi) is 10.5. The molecule has 4 rings (SSSR count). The third-order valence-electron chi connectivity index (χ3n) is 7.09. The summed E-state index contributed by atoms with van der Waals surface area (Å²) in [6.07, 6.45) is 3.86. The molecule has 0 radical (unpaired) electrons. The van der Waals surface area contributed by atoms with Crippen molar-refractivity contribution in [2.24, 2.45) is 11.5 Å². The molecule has 4 aromatic rings. The van der Waals surface area contributed by atoms with Crippen LogP contribution in [0.3, 0.4) is 0 Å². The first-order chi connectivity index (χ1) is 21.5. The van der Waals surface area contributed by atoms with E-state index < -0.39 is 60.2 Å². The van der Waals surface area contributed by atoms with Gasteiger partial charge >= 0.3 is 5.97 Å². The van der Waals surface area contributed by atoms with Crippen LogP contribution < -0.4 is 27.4 Å². The van der Waals surface area contributed by atoms with E-state index in [-0.39, 0.29) is 25.0 Å². The van der Waals surface area contributed by atoms with Crippen LogP contribution in [0.4, 0.5) is 0 Å². The molecule has 236 valence electrons. The fourth-order valence-corrected chi connectivity index (χ4v) is 4.76. The van der Waals surface area contributed by atoms with Crippen LogP contribution >= 0.6 is 0 Å². The summed E-state index contributed by atoms with van der Waals surface area (Å²) in [5, 5.41) is 28.0. The molecule has 4 amide bonds. The Morgan fingerprint density at radius 1 is 0.822 bits per heavy atom. The molecule has 0 aliphatic rings. The molecule has 2 aromatic heterocycles. The second-order valence-electron chi connectivity index (χ2n) is 10.5. The summed E-state index contributed by atoms with van der Waals surface area (Å²) in [6, 6.07) is 7.99. The van der Waals surface area contributed by atoms with Gasteiger partial charge in [0.1, 0.15) is 23.9 Å². The van der Waals surface area contributed by atoms with Crippen molar-refractivity contribution in [1.29, 1.82) is 0 Å². The van der Waals surface area contributed by atoms with E-state index in [1.165, 1.54) is 24.7 Å². The SMILES string of the molecule is NC(=O)CC(N)C(=O)NC(Cc1ccc(O)cc1)C(=O)NC(Cc1cnc[nH]1)C(=O)NC(Cc1c[nH]c2ccccc12)C(=O)O. The third kappa shape index (κ3) is 8.90. The Morgan fingerprint density at radius 2 is 1.47 bits per heavy atom. The molecule has 4 atom stereocenters. The number of imidazole rings is 1. The molecule has 15 heteroatoms. The number of nitrogens with zero attached hydrogens (tertiary/aromatic N) is 1. The highest BCUT2D eigenvalue weighted by molar-refractivity contribution is 5.95. The number of phenolic OH excluding ortho intramolecular Hbond substituents is 1. The van der Waals surface area contributed by atoms with Crippen molar-refractivity contribution in [3.8, 4) is 5.75 Å². The van der Waals surface area contributed by atoms with E-state index in [4.69, 9.17) is 11.5 Å². The number of hydrogen-bond donors (Lipinski definition) is 9. The Balaban J connectivity index is 1.55. The van der Waals surface area contributed by atoms with Crippen LogP contribution in [0.15, 0.2) is 67.3 Å². The number of phenols is 1. The van der Waals surface area contributed by atoms with E-state index in [1.807, 2.05) is 24.3 Å². The Hall–Kier alpha value is -5.70. The maximum Gasteiger partial charge on any atom is 0.326 e. The van der Waals surface area contributed by atoms with Crippen molar-refractivity contribution < 1.29 is 34.2 Å². The molecule has 2 aromatic carbocycles. The number of primary amides is 1. The van der Waals surface area contributed by atoms with Gasteiger partial charge in [-0.15, -0.1) is 0 Å². The first kappa shape index (κ1) is 32.2. The predicted octanol–water partition coefficient (Wildman–Crippen LogP) is -0.634. The van der Waals surface area contributed by atoms with Gasteiger partial charge in [0.15, 0.2) is 0 Å². The number of carboxylic acids is 1. The maximum absolute atomic E-state index is 13.6. The first-order valence-electron chi connectivity index (χ1n) is 14.0. The van der Waals surface area contributed by atoms with Gasteiger partial charge in [0.05, 0.1) is 18.8 Å². The number of aromatic nitrogens is 3. The van der Waals surface area contributed by atoms with Crippen LogP contribution in [0.5, 0.6) is 5.75 Å².